The fourth-order valence-electron chi connectivity index (χ4n) is 4.07. The number of benzene rings is 1. The molecule has 9 heteroatoms. The third-order valence-corrected chi connectivity index (χ3v) is 6.03. The summed E-state index contributed by atoms with van der Waals surface area (Å²) in [6, 6.07) is 8.23. The van der Waals surface area contributed by atoms with Gasteiger partial charge in [-0.15, -0.1) is 10.2 Å². The van der Waals surface area contributed by atoms with Crippen molar-refractivity contribution in [3.8, 4) is 17.2 Å². The smallest absolute Gasteiger partial charge is 0.259 e. The zero-order chi connectivity index (χ0) is 24.9. The zero-order valence-corrected chi connectivity index (χ0v) is 20.2. The summed E-state index contributed by atoms with van der Waals surface area (Å²) < 4.78 is 18.6. The maximum absolute atomic E-state index is 14.9. The number of aryl methyl sites for hydroxylation is 1. The van der Waals surface area contributed by atoms with E-state index in [0.717, 1.165) is 11.5 Å². The molecule has 1 aliphatic rings. The lowest BCUT2D eigenvalue weighted by Gasteiger charge is -2.15. The molecular formula is C26H26FN7O. The van der Waals surface area contributed by atoms with Crippen LogP contribution in [0, 0.1) is 12.7 Å². The van der Waals surface area contributed by atoms with E-state index in [0.29, 0.717) is 28.6 Å². The van der Waals surface area contributed by atoms with Crippen molar-refractivity contribution in [2.45, 2.75) is 46.1 Å². The van der Waals surface area contributed by atoms with Crippen molar-refractivity contribution in [1.29, 1.82) is 0 Å². The zero-order valence-electron chi connectivity index (χ0n) is 20.2. The largest absolute Gasteiger partial charge is 0.306 e. The van der Waals surface area contributed by atoms with Crippen LogP contribution < -0.4 is 5.32 Å². The van der Waals surface area contributed by atoms with Crippen molar-refractivity contribution < 1.29 is 9.18 Å². The SMILES string of the molecule is Cc1cc(F)c(C(=O)Nc2cccc(-c3nnc4n3[C@@H](C)C=C4)n2)cc1-n1cnc(C(C)(C)C)c1. The summed E-state index contributed by atoms with van der Waals surface area (Å²) in [6.45, 7) is 10.1. The lowest BCUT2D eigenvalue weighted by Crippen LogP contribution is -2.16. The Labute approximate surface area is 202 Å². The van der Waals surface area contributed by atoms with E-state index in [2.05, 4.69) is 46.3 Å². The second-order valence-electron chi connectivity index (χ2n) is 9.75. The summed E-state index contributed by atoms with van der Waals surface area (Å²) in [7, 11) is 0. The minimum Gasteiger partial charge on any atom is -0.306 e. The summed E-state index contributed by atoms with van der Waals surface area (Å²) in [5.74, 6) is 0.458. The van der Waals surface area contributed by atoms with Gasteiger partial charge in [-0.2, -0.15) is 0 Å². The predicted octanol–water partition coefficient (Wildman–Crippen LogP) is 5.11. The molecule has 0 fully saturated rings. The first-order valence-corrected chi connectivity index (χ1v) is 11.4. The Hall–Kier alpha value is -4.14. The number of nitrogens with zero attached hydrogens (tertiary/aromatic N) is 6. The van der Waals surface area contributed by atoms with E-state index in [-0.39, 0.29) is 17.0 Å². The second kappa shape index (κ2) is 8.26. The first-order valence-electron chi connectivity index (χ1n) is 11.4. The molecule has 0 bridgehead atoms. The molecular weight excluding hydrogens is 445 g/mol. The number of aromatic nitrogens is 6. The number of imidazole rings is 1. The highest BCUT2D eigenvalue weighted by Crippen LogP contribution is 2.28. The van der Waals surface area contributed by atoms with E-state index in [1.165, 1.54) is 12.1 Å². The topological polar surface area (TPSA) is 90.5 Å². The number of carbonyl (C=O) groups excluding carboxylic acids is 1. The van der Waals surface area contributed by atoms with Crippen LogP contribution in [0.3, 0.4) is 0 Å². The molecule has 4 heterocycles. The lowest BCUT2D eigenvalue weighted by atomic mass is 9.93. The van der Waals surface area contributed by atoms with Crippen molar-refractivity contribution >= 4 is 17.8 Å². The van der Waals surface area contributed by atoms with Crippen molar-refractivity contribution in [1.82, 2.24) is 29.3 Å². The van der Waals surface area contributed by atoms with Crippen LogP contribution in [0.2, 0.25) is 0 Å². The van der Waals surface area contributed by atoms with Gasteiger partial charge >= 0.3 is 0 Å². The van der Waals surface area contributed by atoms with Crippen molar-refractivity contribution in [3.05, 3.63) is 77.4 Å². The Morgan fingerprint density at radius 2 is 1.97 bits per heavy atom. The van der Waals surface area contributed by atoms with Crippen LogP contribution in [0.4, 0.5) is 10.2 Å². The Morgan fingerprint density at radius 1 is 1.17 bits per heavy atom. The highest BCUT2D eigenvalue weighted by atomic mass is 19.1. The van der Waals surface area contributed by atoms with Gasteiger partial charge in [-0.05, 0) is 49.8 Å². The lowest BCUT2D eigenvalue weighted by molar-refractivity contribution is 0.102. The van der Waals surface area contributed by atoms with E-state index < -0.39 is 11.7 Å². The summed E-state index contributed by atoms with van der Waals surface area (Å²) in [4.78, 5) is 22.1. The molecule has 1 aliphatic heterocycles. The first-order chi connectivity index (χ1) is 16.6. The molecule has 3 aromatic heterocycles. The third kappa shape index (κ3) is 4.14. The average molecular weight is 472 g/mol. The molecule has 8 nitrogen and oxygen atoms in total. The minimum absolute atomic E-state index is 0.0787. The van der Waals surface area contributed by atoms with Crippen LogP contribution in [0.1, 0.15) is 61.2 Å². The van der Waals surface area contributed by atoms with Gasteiger partial charge < -0.3 is 9.88 Å². The van der Waals surface area contributed by atoms with Gasteiger partial charge in [0.1, 0.15) is 17.3 Å². The van der Waals surface area contributed by atoms with Crippen LogP contribution in [0.5, 0.6) is 0 Å². The number of halogens is 1. The minimum atomic E-state index is -0.605. The van der Waals surface area contributed by atoms with E-state index >= 15 is 0 Å². The quantitative estimate of drug-likeness (QED) is 0.447. The molecule has 1 aromatic carbocycles. The van der Waals surface area contributed by atoms with E-state index in [1.54, 1.807) is 31.5 Å². The maximum Gasteiger partial charge on any atom is 0.259 e. The van der Waals surface area contributed by atoms with Crippen molar-refractivity contribution in [2.24, 2.45) is 0 Å². The Balaban J connectivity index is 1.44. The first kappa shape index (κ1) is 22.6. The number of allylic oxidation sites excluding steroid dienone is 1. The van der Waals surface area contributed by atoms with E-state index in [9.17, 15) is 9.18 Å². The highest BCUT2D eigenvalue weighted by molar-refractivity contribution is 6.04. The fraction of sp³-hybridized carbons (Fsp3) is 0.269. The molecule has 0 saturated carbocycles. The molecule has 0 radical (unpaired) electrons. The number of fused-ring (bicyclic) bond motifs is 1. The molecule has 4 aromatic rings. The van der Waals surface area contributed by atoms with Gasteiger partial charge in [0.15, 0.2) is 11.6 Å². The number of hydrogen-bond acceptors (Lipinski definition) is 5. The van der Waals surface area contributed by atoms with Gasteiger partial charge in [0.05, 0.1) is 29.3 Å². The monoisotopic (exact) mass is 471 g/mol. The molecule has 0 aliphatic carbocycles. The van der Waals surface area contributed by atoms with Crippen LogP contribution in [0.15, 0.2) is 48.9 Å². The molecule has 1 N–H and O–H groups in total. The fourth-order valence-corrected chi connectivity index (χ4v) is 4.07. The van der Waals surface area contributed by atoms with Crippen LogP contribution in [-0.4, -0.2) is 35.2 Å². The number of hydrogen-bond donors (Lipinski definition) is 1. The maximum atomic E-state index is 14.9. The van der Waals surface area contributed by atoms with Crippen LogP contribution in [0.25, 0.3) is 23.3 Å². The molecule has 35 heavy (non-hydrogen) atoms. The standard InChI is InChI=1S/C26H26FN7O/c1-15-11-18(27)17(12-20(15)33-13-21(28-14-33)26(3,4)5)25(35)30-22-8-6-7-19(29-22)24-32-31-23-10-9-16(2)34(23)24/h6-14,16H,1-5H3,(H,29,30,35)/t16-/m0/s1. The number of pyridine rings is 1. The molecule has 1 amide bonds. The number of nitrogens with one attached hydrogen (secondary N) is 1. The van der Waals surface area contributed by atoms with Crippen molar-refractivity contribution in [2.75, 3.05) is 5.32 Å². The number of anilines is 1. The summed E-state index contributed by atoms with van der Waals surface area (Å²) in [6.07, 6.45) is 7.52. The number of rotatable bonds is 4. The Morgan fingerprint density at radius 3 is 2.71 bits per heavy atom. The highest BCUT2D eigenvalue weighted by Gasteiger charge is 2.22. The molecule has 5 rings (SSSR count). The van der Waals surface area contributed by atoms with Crippen LogP contribution in [-0.2, 0) is 5.41 Å². The number of carbonyl (C=O) groups is 1. The third-order valence-electron chi connectivity index (χ3n) is 6.03. The second-order valence-corrected chi connectivity index (χ2v) is 9.75. The molecule has 0 saturated heterocycles. The van der Waals surface area contributed by atoms with Gasteiger partial charge in [-0.3, -0.25) is 9.36 Å². The number of amides is 1. The van der Waals surface area contributed by atoms with Gasteiger partial charge in [0.25, 0.3) is 5.91 Å². The Kier molecular flexibility index (Phi) is 5.35. The summed E-state index contributed by atoms with van der Waals surface area (Å²) >= 11 is 0. The molecule has 0 spiro atoms. The van der Waals surface area contributed by atoms with Gasteiger partial charge in [0, 0.05) is 11.6 Å². The van der Waals surface area contributed by atoms with E-state index in [1.807, 2.05) is 34.4 Å². The Bertz CT molecular complexity index is 1480. The average Bonchev–Trinajstić information content (AvgIpc) is 3.52. The summed E-state index contributed by atoms with van der Waals surface area (Å²) in [5, 5.41) is 11.1. The molecule has 0 unspecified atom stereocenters. The predicted molar refractivity (Wildman–Crippen MR) is 132 cm³/mol. The van der Waals surface area contributed by atoms with Crippen LogP contribution >= 0.6 is 0 Å². The normalized spacial score (nSPS) is 14.9. The van der Waals surface area contributed by atoms with Crippen molar-refractivity contribution in [3.63, 3.8) is 0 Å². The molecule has 178 valence electrons. The van der Waals surface area contributed by atoms with E-state index in [4.69, 9.17) is 0 Å². The van der Waals surface area contributed by atoms with Gasteiger partial charge in [-0.1, -0.05) is 32.9 Å². The van der Waals surface area contributed by atoms with Gasteiger partial charge in [0.2, 0.25) is 0 Å². The summed E-state index contributed by atoms with van der Waals surface area (Å²) in [5.41, 5.74) is 2.63. The molecule has 1 atom stereocenters. The van der Waals surface area contributed by atoms with Gasteiger partial charge in [-0.25, -0.2) is 14.4 Å².